The summed E-state index contributed by atoms with van der Waals surface area (Å²) in [6.07, 6.45) is 9.77. The molecule has 7 nitrogen and oxygen atoms in total. The largest absolute Gasteiger partial charge is 0.356 e. The van der Waals surface area contributed by atoms with Crippen LogP contribution in [0, 0.1) is 5.92 Å². The lowest BCUT2D eigenvalue weighted by molar-refractivity contribution is -0.127. The van der Waals surface area contributed by atoms with Crippen LogP contribution in [0.5, 0.6) is 0 Å². The Morgan fingerprint density at radius 1 is 1.13 bits per heavy atom. The van der Waals surface area contributed by atoms with E-state index in [-0.39, 0.29) is 11.8 Å². The molecule has 7 heteroatoms. The summed E-state index contributed by atoms with van der Waals surface area (Å²) in [5, 5.41) is 8.41. The summed E-state index contributed by atoms with van der Waals surface area (Å²) in [7, 11) is 0. The van der Waals surface area contributed by atoms with E-state index >= 15 is 0 Å². The monoisotopic (exact) mass is 400 g/mol. The Morgan fingerprint density at radius 3 is 2.93 bits per heavy atom. The van der Waals surface area contributed by atoms with E-state index in [1.807, 2.05) is 48.8 Å². The molecule has 0 aliphatic heterocycles. The Labute approximate surface area is 174 Å². The van der Waals surface area contributed by atoms with E-state index in [0.717, 1.165) is 53.4 Å². The number of carbonyl (C=O) groups is 1. The molecule has 1 aliphatic rings. The van der Waals surface area contributed by atoms with Crippen molar-refractivity contribution in [2.75, 3.05) is 11.9 Å². The molecule has 1 aliphatic carbocycles. The summed E-state index contributed by atoms with van der Waals surface area (Å²) in [5.74, 6) is 1.01. The van der Waals surface area contributed by atoms with Gasteiger partial charge in [-0.25, -0.2) is 4.98 Å². The van der Waals surface area contributed by atoms with Gasteiger partial charge in [0.15, 0.2) is 0 Å². The average molecular weight is 400 g/mol. The normalized spacial score (nSPS) is 14.0. The molecule has 1 saturated carbocycles. The van der Waals surface area contributed by atoms with Crippen LogP contribution in [0.2, 0.25) is 0 Å². The number of amides is 1. The van der Waals surface area contributed by atoms with Gasteiger partial charge in [0.2, 0.25) is 11.9 Å². The number of nitrogens with one attached hydrogen (secondary N) is 2. The third-order valence-corrected chi connectivity index (χ3v) is 5.71. The highest BCUT2D eigenvalue weighted by atomic mass is 16.1. The first-order chi connectivity index (χ1) is 14.8. The summed E-state index contributed by atoms with van der Waals surface area (Å²) in [5.41, 5.74) is 2.77. The smallest absolute Gasteiger partial charge is 0.229 e. The number of nitrogens with zero attached hydrogens (tertiary/aromatic N) is 4. The molecule has 0 bridgehead atoms. The first-order valence-electron chi connectivity index (χ1n) is 10.5. The predicted octanol–water partition coefficient (Wildman–Crippen LogP) is 4.03. The Morgan fingerprint density at radius 2 is 2.07 bits per heavy atom. The molecule has 1 aromatic carbocycles. The summed E-state index contributed by atoms with van der Waals surface area (Å²) in [4.78, 5) is 25.5. The quantitative estimate of drug-likeness (QED) is 0.458. The van der Waals surface area contributed by atoms with Crippen LogP contribution in [0.4, 0.5) is 11.6 Å². The highest BCUT2D eigenvalue weighted by Gasteiger charge is 2.24. The average Bonchev–Trinajstić information content (AvgIpc) is 3.12. The maximum absolute atomic E-state index is 11.9. The molecule has 1 amide bonds. The van der Waals surface area contributed by atoms with Gasteiger partial charge in [-0.15, -0.1) is 0 Å². The van der Waals surface area contributed by atoms with Gasteiger partial charge in [-0.3, -0.25) is 9.78 Å². The first kappa shape index (κ1) is 18.5. The second kappa shape index (κ2) is 8.10. The molecule has 1 fully saturated rings. The SMILES string of the molecule is O=C(NCCCn1ccc2cnc(Nc3ccc4ncccc4c3)nc21)C1CCC1. The Bertz CT molecular complexity index is 1200. The van der Waals surface area contributed by atoms with Crippen molar-refractivity contribution < 1.29 is 4.79 Å². The number of fused-ring (bicyclic) bond motifs is 2. The molecule has 5 rings (SSSR count). The Kier molecular flexibility index (Phi) is 5.01. The van der Waals surface area contributed by atoms with Gasteiger partial charge in [0, 0.05) is 54.1 Å². The fourth-order valence-electron chi connectivity index (χ4n) is 3.77. The number of rotatable bonds is 7. The van der Waals surface area contributed by atoms with Gasteiger partial charge in [0.25, 0.3) is 0 Å². The minimum Gasteiger partial charge on any atom is -0.356 e. The number of aromatic nitrogens is 4. The van der Waals surface area contributed by atoms with E-state index in [4.69, 9.17) is 4.98 Å². The molecule has 0 saturated heterocycles. The standard InChI is InChI=1S/C23H24N6O/c30-22(16-4-1-5-16)25-11-3-12-29-13-9-18-15-26-23(28-21(18)29)27-19-7-8-20-17(14-19)6-2-10-24-20/h2,6-10,13-16H,1,3-5,11-12H2,(H,25,30)(H,26,27,28). The Balaban J connectivity index is 1.25. The molecule has 3 aromatic heterocycles. The van der Waals surface area contributed by atoms with Crippen molar-refractivity contribution >= 4 is 39.5 Å². The molecule has 0 spiro atoms. The van der Waals surface area contributed by atoms with E-state index in [9.17, 15) is 4.79 Å². The summed E-state index contributed by atoms with van der Waals surface area (Å²) in [6.45, 7) is 1.49. The molecule has 0 atom stereocenters. The van der Waals surface area contributed by atoms with Gasteiger partial charge in [-0.1, -0.05) is 12.5 Å². The van der Waals surface area contributed by atoms with Crippen LogP contribution in [-0.2, 0) is 11.3 Å². The first-order valence-corrected chi connectivity index (χ1v) is 10.5. The van der Waals surface area contributed by atoms with Crippen LogP contribution >= 0.6 is 0 Å². The van der Waals surface area contributed by atoms with Gasteiger partial charge in [0.05, 0.1) is 5.52 Å². The molecule has 2 N–H and O–H groups in total. The number of carbonyl (C=O) groups excluding carboxylic acids is 1. The van der Waals surface area contributed by atoms with Crippen molar-refractivity contribution in [3.8, 4) is 0 Å². The minimum atomic E-state index is 0.206. The van der Waals surface area contributed by atoms with E-state index in [1.54, 1.807) is 6.20 Å². The summed E-state index contributed by atoms with van der Waals surface area (Å²) in [6, 6.07) is 12.0. The van der Waals surface area contributed by atoms with Crippen LogP contribution in [0.1, 0.15) is 25.7 Å². The van der Waals surface area contributed by atoms with Gasteiger partial charge >= 0.3 is 0 Å². The molecule has 0 radical (unpaired) electrons. The number of anilines is 2. The molecule has 4 aromatic rings. The highest BCUT2D eigenvalue weighted by Crippen LogP contribution is 2.26. The molecule has 3 heterocycles. The van der Waals surface area contributed by atoms with Crippen molar-refractivity contribution in [3.05, 3.63) is 55.0 Å². The van der Waals surface area contributed by atoms with E-state index < -0.39 is 0 Å². The third kappa shape index (κ3) is 3.83. The number of aryl methyl sites for hydroxylation is 1. The van der Waals surface area contributed by atoms with E-state index in [0.29, 0.717) is 12.5 Å². The third-order valence-electron chi connectivity index (χ3n) is 5.71. The summed E-state index contributed by atoms with van der Waals surface area (Å²) < 4.78 is 2.11. The molecule has 152 valence electrons. The van der Waals surface area contributed by atoms with Crippen LogP contribution in [0.25, 0.3) is 21.9 Å². The van der Waals surface area contributed by atoms with Crippen molar-refractivity contribution in [1.82, 2.24) is 24.8 Å². The van der Waals surface area contributed by atoms with Crippen LogP contribution in [0.15, 0.2) is 55.0 Å². The molecule has 30 heavy (non-hydrogen) atoms. The fraction of sp³-hybridized carbons (Fsp3) is 0.304. The van der Waals surface area contributed by atoms with Crippen molar-refractivity contribution in [1.29, 1.82) is 0 Å². The molecular formula is C23H24N6O. The zero-order valence-corrected chi connectivity index (χ0v) is 16.7. The van der Waals surface area contributed by atoms with E-state index in [1.165, 1.54) is 6.42 Å². The zero-order valence-electron chi connectivity index (χ0n) is 16.7. The number of benzene rings is 1. The van der Waals surface area contributed by atoms with Crippen molar-refractivity contribution in [2.45, 2.75) is 32.2 Å². The van der Waals surface area contributed by atoms with Crippen LogP contribution in [-0.4, -0.2) is 32.0 Å². The number of hydrogen-bond donors (Lipinski definition) is 2. The van der Waals surface area contributed by atoms with Gasteiger partial charge < -0.3 is 15.2 Å². The topological polar surface area (TPSA) is 84.7 Å². The van der Waals surface area contributed by atoms with E-state index in [2.05, 4.69) is 25.2 Å². The minimum absolute atomic E-state index is 0.206. The van der Waals surface area contributed by atoms with Crippen molar-refractivity contribution in [3.63, 3.8) is 0 Å². The fourth-order valence-corrected chi connectivity index (χ4v) is 3.77. The van der Waals surface area contributed by atoms with Crippen LogP contribution < -0.4 is 10.6 Å². The Hall–Kier alpha value is -3.48. The van der Waals surface area contributed by atoms with Crippen molar-refractivity contribution in [2.24, 2.45) is 5.92 Å². The van der Waals surface area contributed by atoms with Gasteiger partial charge in [-0.2, -0.15) is 4.98 Å². The van der Waals surface area contributed by atoms with Gasteiger partial charge in [-0.05, 0) is 49.6 Å². The lowest BCUT2D eigenvalue weighted by Crippen LogP contribution is -2.35. The predicted molar refractivity (Wildman–Crippen MR) is 118 cm³/mol. The lowest BCUT2D eigenvalue weighted by atomic mass is 9.85. The maximum atomic E-state index is 11.9. The summed E-state index contributed by atoms with van der Waals surface area (Å²) >= 11 is 0. The molecule has 0 unspecified atom stereocenters. The molecular weight excluding hydrogens is 376 g/mol. The lowest BCUT2D eigenvalue weighted by Gasteiger charge is -2.24. The van der Waals surface area contributed by atoms with Crippen LogP contribution in [0.3, 0.4) is 0 Å². The highest BCUT2D eigenvalue weighted by molar-refractivity contribution is 5.83. The number of hydrogen-bond acceptors (Lipinski definition) is 5. The zero-order chi connectivity index (χ0) is 20.3. The number of pyridine rings is 1. The second-order valence-electron chi connectivity index (χ2n) is 7.79. The van der Waals surface area contributed by atoms with Gasteiger partial charge in [0.1, 0.15) is 5.65 Å². The maximum Gasteiger partial charge on any atom is 0.229 e. The second-order valence-corrected chi connectivity index (χ2v) is 7.79.